The number of carbonyl (C=O) groups is 2. The molecule has 6 nitrogen and oxygen atoms in total. The fourth-order valence-corrected chi connectivity index (χ4v) is 2.76. The highest BCUT2D eigenvalue weighted by Crippen LogP contribution is 2.36. The van der Waals surface area contributed by atoms with Crippen LogP contribution in [0.5, 0.6) is 0 Å². The lowest BCUT2D eigenvalue weighted by atomic mass is 9.99. The standard InChI is InChI=1S/C20H19FO6/c1-20(21)16(27-18(23)14-10-6-3-7-11-14)15(26-19(20)24)12-25-17(22)13-8-4-2-5-9-13/h2-11,15-16,19,24H,12H2,1H3/t15-,16?,19+,20?/m1/s1. The molecule has 7 heteroatoms. The Morgan fingerprint density at radius 1 is 1.04 bits per heavy atom. The van der Waals surface area contributed by atoms with Crippen LogP contribution in [0.3, 0.4) is 0 Å². The predicted molar refractivity (Wildman–Crippen MR) is 92.8 cm³/mol. The lowest BCUT2D eigenvalue weighted by Gasteiger charge is -2.25. The van der Waals surface area contributed by atoms with E-state index in [0.717, 1.165) is 6.92 Å². The second-order valence-electron chi connectivity index (χ2n) is 6.33. The monoisotopic (exact) mass is 374 g/mol. The van der Waals surface area contributed by atoms with Gasteiger partial charge in [-0.3, -0.25) is 0 Å². The van der Waals surface area contributed by atoms with Crippen LogP contribution >= 0.6 is 0 Å². The molecule has 0 bridgehead atoms. The molecule has 2 aromatic carbocycles. The van der Waals surface area contributed by atoms with Crippen molar-refractivity contribution in [3.63, 3.8) is 0 Å². The van der Waals surface area contributed by atoms with Crippen LogP contribution in [-0.4, -0.2) is 47.8 Å². The van der Waals surface area contributed by atoms with Crippen molar-refractivity contribution in [2.75, 3.05) is 6.61 Å². The maximum Gasteiger partial charge on any atom is 0.338 e. The van der Waals surface area contributed by atoms with Gasteiger partial charge >= 0.3 is 11.9 Å². The van der Waals surface area contributed by atoms with Crippen LogP contribution < -0.4 is 0 Å². The zero-order chi connectivity index (χ0) is 19.4. The zero-order valence-corrected chi connectivity index (χ0v) is 14.6. The Morgan fingerprint density at radius 3 is 2.11 bits per heavy atom. The summed E-state index contributed by atoms with van der Waals surface area (Å²) in [5, 5.41) is 9.83. The van der Waals surface area contributed by atoms with Crippen molar-refractivity contribution >= 4 is 11.9 Å². The summed E-state index contributed by atoms with van der Waals surface area (Å²) in [6.07, 6.45) is -4.40. The smallest absolute Gasteiger partial charge is 0.338 e. The normalized spacial score (nSPS) is 27.1. The Morgan fingerprint density at radius 2 is 1.56 bits per heavy atom. The Bertz CT molecular complexity index is 793. The lowest BCUT2D eigenvalue weighted by molar-refractivity contribution is -0.144. The van der Waals surface area contributed by atoms with E-state index in [1.807, 2.05) is 0 Å². The van der Waals surface area contributed by atoms with E-state index in [1.165, 1.54) is 12.1 Å². The van der Waals surface area contributed by atoms with Gasteiger partial charge in [-0.1, -0.05) is 36.4 Å². The summed E-state index contributed by atoms with van der Waals surface area (Å²) in [5.74, 6) is -1.39. The van der Waals surface area contributed by atoms with Crippen LogP contribution in [0.2, 0.25) is 0 Å². The first-order valence-corrected chi connectivity index (χ1v) is 8.40. The molecule has 3 rings (SSSR count). The summed E-state index contributed by atoms with van der Waals surface area (Å²) in [4.78, 5) is 24.3. The number of aliphatic hydroxyl groups is 1. The number of halogens is 1. The third kappa shape index (κ3) is 4.15. The van der Waals surface area contributed by atoms with E-state index >= 15 is 0 Å². The lowest BCUT2D eigenvalue weighted by Crippen LogP contribution is -2.45. The number of hydrogen-bond donors (Lipinski definition) is 1. The minimum atomic E-state index is -2.35. The number of rotatable bonds is 5. The van der Waals surface area contributed by atoms with Crippen LogP contribution in [0, 0.1) is 0 Å². The molecular formula is C20H19FO6. The molecule has 0 aliphatic carbocycles. The van der Waals surface area contributed by atoms with Gasteiger partial charge in [-0.15, -0.1) is 0 Å². The van der Waals surface area contributed by atoms with E-state index in [-0.39, 0.29) is 12.2 Å². The second-order valence-corrected chi connectivity index (χ2v) is 6.33. The largest absolute Gasteiger partial charge is 0.459 e. The van der Waals surface area contributed by atoms with Crippen molar-refractivity contribution in [2.45, 2.75) is 31.1 Å². The van der Waals surface area contributed by atoms with Crippen LogP contribution in [0.25, 0.3) is 0 Å². The number of carbonyl (C=O) groups excluding carboxylic acids is 2. The van der Waals surface area contributed by atoms with Crippen molar-refractivity contribution in [2.24, 2.45) is 0 Å². The summed E-state index contributed by atoms with van der Waals surface area (Å²) in [6, 6.07) is 16.3. The van der Waals surface area contributed by atoms with Gasteiger partial charge in [-0.25, -0.2) is 14.0 Å². The first kappa shape index (κ1) is 19.0. The molecule has 142 valence electrons. The summed E-state index contributed by atoms with van der Waals surface area (Å²) < 4.78 is 30.4. The van der Waals surface area contributed by atoms with Crippen molar-refractivity contribution in [3.8, 4) is 0 Å². The first-order valence-electron chi connectivity index (χ1n) is 8.40. The summed E-state index contributed by atoms with van der Waals surface area (Å²) >= 11 is 0. The second kappa shape index (κ2) is 7.85. The molecule has 27 heavy (non-hydrogen) atoms. The van der Waals surface area contributed by atoms with Gasteiger partial charge in [0.05, 0.1) is 11.1 Å². The van der Waals surface area contributed by atoms with Crippen LogP contribution in [0.15, 0.2) is 60.7 Å². The van der Waals surface area contributed by atoms with Crippen LogP contribution in [0.1, 0.15) is 27.6 Å². The van der Waals surface area contributed by atoms with Gasteiger partial charge in [0.1, 0.15) is 12.7 Å². The number of alkyl halides is 1. The van der Waals surface area contributed by atoms with Gasteiger partial charge < -0.3 is 19.3 Å². The molecule has 4 atom stereocenters. The van der Waals surface area contributed by atoms with Gasteiger partial charge in [0.25, 0.3) is 0 Å². The number of aliphatic hydroxyl groups excluding tert-OH is 1. The van der Waals surface area contributed by atoms with Gasteiger partial charge in [-0.2, -0.15) is 0 Å². The molecule has 0 spiro atoms. The van der Waals surface area contributed by atoms with E-state index in [1.54, 1.807) is 48.5 Å². The minimum absolute atomic E-state index is 0.231. The Kier molecular flexibility index (Phi) is 5.53. The minimum Gasteiger partial charge on any atom is -0.459 e. The molecule has 1 aliphatic heterocycles. The van der Waals surface area contributed by atoms with E-state index in [0.29, 0.717) is 5.56 Å². The molecule has 0 radical (unpaired) electrons. The fraction of sp³-hybridized carbons (Fsp3) is 0.300. The zero-order valence-electron chi connectivity index (χ0n) is 14.6. The Hall–Kier alpha value is -2.77. The van der Waals surface area contributed by atoms with E-state index in [4.69, 9.17) is 14.2 Å². The molecule has 0 amide bonds. The topological polar surface area (TPSA) is 82.1 Å². The molecule has 1 fully saturated rings. The molecule has 1 saturated heterocycles. The number of hydrogen-bond acceptors (Lipinski definition) is 6. The predicted octanol–water partition coefficient (Wildman–Crippen LogP) is 2.51. The van der Waals surface area contributed by atoms with Crippen molar-refractivity contribution in [1.82, 2.24) is 0 Å². The average molecular weight is 374 g/mol. The quantitative estimate of drug-likeness (QED) is 0.810. The highest BCUT2D eigenvalue weighted by molar-refractivity contribution is 5.90. The summed E-state index contributed by atoms with van der Waals surface area (Å²) in [7, 11) is 0. The molecule has 2 unspecified atom stereocenters. The van der Waals surface area contributed by atoms with Gasteiger partial charge in [0.15, 0.2) is 18.1 Å². The van der Waals surface area contributed by atoms with Gasteiger partial charge in [-0.05, 0) is 31.2 Å². The van der Waals surface area contributed by atoms with Gasteiger partial charge in [0, 0.05) is 0 Å². The molecule has 1 heterocycles. The highest BCUT2D eigenvalue weighted by Gasteiger charge is 2.57. The Labute approximate surface area is 155 Å². The Balaban J connectivity index is 1.69. The first-order chi connectivity index (χ1) is 12.9. The van der Waals surface area contributed by atoms with E-state index < -0.39 is 36.1 Å². The maximum atomic E-state index is 14.8. The number of esters is 2. The third-order valence-corrected chi connectivity index (χ3v) is 4.31. The van der Waals surface area contributed by atoms with E-state index in [9.17, 15) is 19.1 Å². The number of benzene rings is 2. The summed E-state index contributed by atoms with van der Waals surface area (Å²) in [5.41, 5.74) is -1.81. The van der Waals surface area contributed by atoms with Crippen molar-refractivity contribution in [1.29, 1.82) is 0 Å². The number of ether oxygens (including phenoxy) is 3. The summed E-state index contributed by atoms with van der Waals surface area (Å²) in [6.45, 7) is 0.691. The maximum absolute atomic E-state index is 14.8. The van der Waals surface area contributed by atoms with Crippen molar-refractivity contribution < 1.29 is 33.3 Å². The SMILES string of the molecule is CC1(F)C(OC(=O)c2ccccc2)[C@@H](COC(=O)c2ccccc2)O[C@@H]1O. The molecule has 2 aromatic rings. The van der Waals surface area contributed by atoms with Crippen LogP contribution in [0.4, 0.5) is 4.39 Å². The highest BCUT2D eigenvalue weighted by atomic mass is 19.1. The third-order valence-electron chi connectivity index (χ3n) is 4.31. The van der Waals surface area contributed by atoms with Gasteiger partial charge in [0.2, 0.25) is 0 Å². The molecule has 0 aromatic heterocycles. The van der Waals surface area contributed by atoms with Crippen LogP contribution in [-0.2, 0) is 14.2 Å². The molecular weight excluding hydrogens is 355 g/mol. The molecule has 1 N–H and O–H groups in total. The molecule has 0 saturated carbocycles. The average Bonchev–Trinajstić information content (AvgIpc) is 2.90. The van der Waals surface area contributed by atoms with E-state index in [2.05, 4.69) is 0 Å². The van der Waals surface area contributed by atoms with Crippen molar-refractivity contribution in [3.05, 3.63) is 71.8 Å². The molecule has 1 aliphatic rings. The fourth-order valence-electron chi connectivity index (χ4n) is 2.76.